The van der Waals surface area contributed by atoms with Gasteiger partial charge in [0.05, 0.1) is 12.0 Å². The monoisotopic (exact) mass is 278 g/mol. The van der Waals surface area contributed by atoms with E-state index in [1.54, 1.807) is 0 Å². The number of likely N-dealkylation sites (tertiary alicyclic amines) is 1. The summed E-state index contributed by atoms with van der Waals surface area (Å²) < 4.78 is 0. The third-order valence-electron chi connectivity index (χ3n) is 3.77. The number of nitrogens with zero attached hydrogens (tertiary/aromatic N) is 2. The van der Waals surface area contributed by atoms with Gasteiger partial charge >= 0.3 is 0 Å². The lowest BCUT2D eigenvalue weighted by atomic mass is 9.95. The van der Waals surface area contributed by atoms with E-state index in [-0.39, 0.29) is 18.3 Å². The number of hydrogen-bond donors (Lipinski definition) is 0. The van der Waals surface area contributed by atoms with Gasteiger partial charge in [-0.3, -0.25) is 0 Å². The first-order valence-corrected chi connectivity index (χ1v) is 7.07. The van der Waals surface area contributed by atoms with Crippen molar-refractivity contribution in [2.75, 3.05) is 19.6 Å². The highest BCUT2D eigenvalue weighted by Gasteiger charge is 2.13. The van der Waals surface area contributed by atoms with Crippen LogP contribution in [-0.2, 0) is 0 Å². The maximum atomic E-state index is 9.25. The molecule has 1 aromatic rings. The second-order valence-electron chi connectivity index (χ2n) is 5.14. The zero-order valence-electron chi connectivity index (χ0n) is 11.4. The van der Waals surface area contributed by atoms with Crippen LogP contribution in [0.5, 0.6) is 0 Å². The fourth-order valence-electron chi connectivity index (χ4n) is 2.69. The Balaban J connectivity index is 0.00000180. The first-order valence-electron chi connectivity index (χ1n) is 7.07. The molecule has 0 radical (unpaired) electrons. The van der Waals surface area contributed by atoms with Gasteiger partial charge in [0.1, 0.15) is 0 Å². The largest absolute Gasteiger partial charge is 0.303 e. The Morgan fingerprint density at radius 3 is 2.42 bits per heavy atom. The average Bonchev–Trinajstić information content (AvgIpc) is 2.46. The van der Waals surface area contributed by atoms with Crippen molar-refractivity contribution in [3.63, 3.8) is 0 Å². The van der Waals surface area contributed by atoms with E-state index in [1.807, 2.05) is 18.2 Å². The maximum absolute atomic E-state index is 9.25. The van der Waals surface area contributed by atoms with Crippen molar-refractivity contribution in [3.05, 3.63) is 35.9 Å². The van der Waals surface area contributed by atoms with Gasteiger partial charge < -0.3 is 4.90 Å². The summed E-state index contributed by atoms with van der Waals surface area (Å²) in [6, 6.07) is 12.6. The van der Waals surface area contributed by atoms with Crippen molar-refractivity contribution in [1.29, 1.82) is 5.26 Å². The first kappa shape index (κ1) is 16.0. The fourth-order valence-corrected chi connectivity index (χ4v) is 2.69. The van der Waals surface area contributed by atoms with Gasteiger partial charge in [-0.15, -0.1) is 12.4 Å². The second-order valence-corrected chi connectivity index (χ2v) is 5.14. The van der Waals surface area contributed by atoms with E-state index in [4.69, 9.17) is 0 Å². The van der Waals surface area contributed by atoms with E-state index in [2.05, 4.69) is 23.1 Å². The summed E-state index contributed by atoms with van der Waals surface area (Å²) in [5, 5.41) is 9.25. The highest BCUT2D eigenvalue weighted by Crippen LogP contribution is 2.20. The zero-order valence-corrected chi connectivity index (χ0v) is 12.2. The Kier molecular flexibility index (Phi) is 7.55. The Morgan fingerprint density at radius 1 is 1.11 bits per heavy atom. The molecule has 3 heteroatoms. The quantitative estimate of drug-likeness (QED) is 0.814. The number of halogens is 1. The number of benzene rings is 1. The highest BCUT2D eigenvalue weighted by molar-refractivity contribution is 5.85. The molecule has 0 aromatic heterocycles. The van der Waals surface area contributed by atoms with Gasteiger partial charge in [0.25, 0.3) is 0 Å². The normalized spacial score (nSPS) is 17.2. The number of nitriles is 1. The van der Waals surface area contributed by atoms with Gasteiger partial charge in [-0.05, 0) is 50.9 Å². The molecule has 1 atom stereocenters. The molecular formula is C16H23ClN2. The predicted molar refractivity (Wildman–Crippen MR) is 81.6 cm³/mol. The second kappa shape index (κ2) is 8.96. The lowest BCUT2D eigenvalue weighted by Gasteiger charge is -2.26. The molecule has 1 fully saturated rings. The summed E-state index contributed by atoms with van der Waals surface area (Å²) in [6.45, 7) is 3.66. The van der Waals surface area contributed by atoms with E-state index < -0.39 is 0 Å². The van der Waals surface area contributed by atoms with Crippen molar-refractivity contribution in [2.45, 2.75) is 38.0 Å². The summed E-state index contributed by atoms with van der Waals surface area (Å²) in [6.07, 6.45) is 6.20. The molecule has 1 saturated heterocycles. The van der Waals surface area contributed by atoms with Crippen LogP contribution in [0.4, 0.5) is 0 Å². The summed E-state index contributed by atoms with van der Waals surface area (Å²) >= 11 is 0. The molecule has 0 spiro atoms. The molecule has 104 valence electrons. The van der Waals surface area contributed by atoms with Crippen LogP contribution in [0.3, 0.4) is 0 Å². The third kappa shape index (κ3) is 5.22. The fraction of sp³-hybridized carbons (Fsp3) is 0.562. The van der Waals surface area contributed by atoms with Crippen molar-refractivity contribution in [1.82, 2.24) is 4.90 Å². The van der Waals surface area contributed by atoms with Gasteiger partial charge in [-0.25, -0.2) is 0 Å². The van der Waals surface area contributed by atoms with Gasteiger partial charge in [0.15, 0.2) is 0 Å². The maximum Gasteiger partial charge on any atom is 0.0713 e. The van der Waals surface area contributed by atoms with E-state index in [0.717, 1.165) is 19.4 Å². The van der Waals surface area contributed by atoms with Crippen molar-refractivity contribution in [2.24, 2.45) is 0 Å². The van der Waals surface area contributed by atoms with E-state index in [9.17, 15) is 5.26 Å². The minimum atomic E-state index is 0. The molecule has 0 N–H and O–H groups in total. The standard InChI is InChI=1S/C16H22N2.ClH/c17-14-16(15-8-3-1-4-9-15)10-7-13-18-11-5-2-6-12-18;/h1,3-4,8-9,16H,2,5-7,10-13H2;1H. The van der Waals surface area contributed by atoms with Crippen LogP contribution in [0, 0.1) is 11.3 Å². The van der Waals surface area contributed by atoms with E-state index in [0.29, 0.717) is 0 Å². The summed E-state index contributed by atoms with van der Waals surface area (Å²) in [4.78, 5) is 2.54. The summed E-state index contributed by atoms with van der Waals surface area (Å²) in [5.41, 5.74) is 1.17. The van der Waals surface area contributed by atoms with Gasteiger partial charge in [-0.2, -0.15) is 5.26 Å². The van der Waals surface area contributed by atoms with Crippen LogP contribution in [0.15, 0.2) is 30.3 Å². The van der Waals surface area contributed by atoms with E-state index in [1.165, 1.54) is 37.9 Å². The van der Waals surface area contributed by atoms with Gasteiger partial charge in [-0.1, -0.05) is 36.8 Å². The third-order valence-corrected chi connectivity index (χ3v) is 3.77. The SMILES string of the molecule is Cl.N#CC(CCCN1CCCCC1)c1ccccc1. The van der Waals surface area contributed by atoms with Crippen LogP contribution in [0.1, 0.15) is 43.6 Å². The number of rotatable bonds is 5. The lowest BCUT2D eigenvalue weighted by Crippen LogP contribution is -2.30. The average molecular weight is 279 g/mol. The van der Waals surface area contributed by atoms with Crippen molar-refractivity contribution >= 4 is 12.4 Å². The lowest BCUT2D eigenvalue weighted by molar-refractivity contribution is 0.224. The smallest absolute Gasteiger partial charge is 0.0713 e. The molecular weight excluding hydrogens is 256 g/mol. The van der Waals surface area contributed by atoms with Crippen LogP contribution < -0.4 is 0 Å². The molecule has 0 aliphatic carbocycles. The Morgan fingerprint density at radius 2 is 1.79 bits per heavy atom. The highest BCUT2D eigenvalue weighted by atomic mass is 35.5. The minimum Gasteiger partial charge on any atom is -0.303 e. The molecule has 0 bridgehead atoms. The molecule has 1 aromatic carbocycles. The van der Waals surface area contributed by atoms with Crippen molar-refractivity contribution in [3.8, 4) is 6.07 Å². The molecule has 0 amide bonds. The molecule has 1 unspecified atom stereocenters. The minimum absolute atomic E-state index is 0. The molecule has 1 heterocycles. The Labute approximate surface area is 122 Å². The van der Waals surface area contributed by atoms with Crippen molar-refractivity contribution < 1.29 is 0 Å². The first-order chi connectivity index (χ1) is 8.90. The van der Waals surface area contributed by atoms with Gasteiger partial charge in [0, 0.05) is 0 Å². The molecule has 0 saturated carbocycles. The Hall–Kier alpha value is -1.04. The number of piperidine rings is 1. The summed E-state index contributed by atoms with van der Waals surface area (Å²) in [5.74, 6) is 0.0657. The van der Waals surface area contributed by atoms with Crippen LogP contribution in [0.25, 0.3) is 0 Å². The molecule has 19 heavy (non-hydrogen) atoms. The molecule has 1 aliphatic heterocycles. The van der Waals surface area contributed by atoms with Gasteiger partial charge in [0.2, 0.25) is 0 Å². The Bertz CT molecular complexity index is 379. The molecule has 2 nitrogen and oxygen atoms in total. The predicted octanol–water partition coefficient (Wildman–Crippen LogP) is 3.98. The van der Waals surface area contributed by atoms with Crippen LogP contribution in [0.2, 0.25) is 0 Å². The zero-order chi connectivity index (χ0) is 12.6. The summed E-state index contributed by atoms with van der Waals surface area (Å²) in [7, 11) is 0. The van der Waals surface area contributed by atoms with Crippen LogP contribution >= 0.6 is 12.4 Å². The topological polar surface area (TPSA) is 27.0 Å². The van der Waals surface area contributed by atoms with Crippen LogP contribution in [-0.4, -0.2) is 24.5 Å². The van der Waals surface area contributed by atoms with E-state index >= 15 is 0 Å². The number of hydrogen-bond acceptors (Lipinski definition) is 2. The molecule has 2 rings (SSSR count). The molecule has 1 aliphatic rings.